The van der Waals surface area contributed by atoms with Crippen molar-refractivity contribution in [3.05, 3.63) is 41.9 Å². The average molecular weight is 351 g/mol. The zero-order chi connectivity index (χ0) is 17.8. The van der Waals surface area contributed by atoms with Crippen molar-refractivity contribution in [3.63, 3.8) is 0 Å². The van der Waals surface area contributed by atoms with Crippen molar-refractivity contribution < 1.29 is 4.74 Å². The molecule has 0 spiro atoms. The van der Waals surface area contributed by atoms with Crippen LogP contribution in [0.2, 0.25) is 0 Å². The highest BCUT2D eigenvalue weighted by atomic mass is 16.5. The summed E-state index contributed by atoms with van der Waals surface area (Å²) in [4.78, 5) is 11.2. The minimum Gasteiger partial charge on any atom is -0.381 e. The maximum atomic E-state index is 5.46. The number of nitrogens with one attached hydrogen (secondary N) is 1. The van der Waals surface area contributed by atoms with Gasteiger partial charge in [-0.2, -0.15) is 5.10 Å². The fraction of sp³-hybridized carbons (Fsp3) is 0.450. The number of aryl methyl sites for hydroxylation is 1. The van der Waals surface area contributed by atoms with Gasteiger partial charge in [-0.15, -0.1) is 0 Å². The summed E-state index contributed by atoms with van der Waals surface area (Å²) in [7, 11) is 0. The molecule has 6 nitrogen and oxygen atoms in total. The molecule has 2 aliphatic heterocycles. The number of H-pyrrole nitrogens is 1. The summed E-state index contributed by atoms with van der Waals surface area (Å²) in [6.45, 7) is 5.93. The molecule has 1 saturated heterocycles. The van der Waals surface area contributed by atoms with E-state index in [9.17, 15) is 0 Å². The molecular formula is C20H25N5O. The third-order valence-electron chi connectivity index (χ3n) is 5.21. The Morgan fingerprint density at radius 2 is 2.15 bits per heavy atom. The molecule has 1 fully saturated rings. The molecule has 0 saturated carbocycles. The quantitative estimate of drug-likeness (QED) is 0.898. The Morgan fingerprint density at radius 3 is 2.92 bits per heavy atom. The standard InChI is InChI=1S/C20H25N5O/c1-15-12-17(20-22-14-23-24-20)2-3-18(15)19-13-25(9-7-21-19)8-4-16-5-10-26-11-6-16/h2-3,7,12-14,16H,4-6,8-11H2,1H3,(H,22,23,24). The van der Waals surface area contributed by atoms with Crippen LogP contribution >= 0.6 is 0 Å². The van der Waals surface area contributed by atoms with Crippen molar-refractivity contribution in [1.29, 1.82) is 0 Å². The summed E-state index contributed by atoms with van der Waals surface area (Å²) in [6.07, 6.45) is 9.37. The first-order valence-corrected chi connectivity index (χ1v) is 9.32. The normalized spacial score (nSPS) is 18.2. The molecule has 4 rings (SSSR count). The van der Waals surface area contributed by atoms with Gasteiger partial charge in [-0.25, -0.2) is 4.98 Å². The van der Waals surface area contributed by atoms with E-state index in [2.05, 4.69) is 56.4 Å². The van der Waals surface area contributed by atoms with E-state index in [0.717, 1.165) is 49.3 Å². The molecule has 0 bridgehead atoms. The van der Waals surface area contributed by atoms with Gasteiger partial charge in [0.05, 0.1) is 12.2 Å². The van der Waals surface area contributed by atoms with Crippen LogP contribution < -0.4 is 0 Å². The molecule has 2 aromatic rings. The van der Waals surface area contributed by atoms with Crippen LogP contribution in [-0.2, 0) is 4.74 Å². The predicted molar refractivity (Wildman–Crippen MR) is 103 cm³/mol. The lowest BCUT2D eigenvalue weighted by Crippen LogP contribution is -2.27. The van der Waals surface area contributed by atoms with Gasteiger partial charge in [0.2, 0.25) is 0 Å². The number of nitrogens with zero attached hydrogens (tertiary/aromatic N) is 4. The van der Waals surface area contributed by atoms with Crippen molar-refractivity contribution in [2.75, 3.05) is 26.3 Å². The Morgan fingerprint density at radius 1 is 1.27 bits per heavy atom. The topological polar surface area (TPSA) is 66.4 Å². The van der Waals surface area contributed by atoms with Crippen LogP contribution in [0.4, 0.5) is 0 Å². The Balaban J connectivity index is 1.45. The van der Waals surface area contributed by atoms with Crippen molar-refractivity contribution >= 4 is 11.9 Å². The number of hydrogen-bond acceptors (Lipinski definition) is 5. The molecule has 6 heteroatoms. The highest BCUT2D eigenvalue weighted by Crippen LogP contribution is 2.27. The van der Waals surface area contributed by atoms with Gasteiger partial charge in [-0.1, -0.05) is 12.1 Å². The van der Waals surface area contributed by atoms with Gasteiger partial charge < -0.3 is 9.64 Å². The first-order valence-electron chi connectivity index (χ1n) is 9.32. The molecule has 3 heterocycles. The van der Waals surface area contributed by atoms with E-state index in [1.54, 1.807) is 0 Å². The predicted octanol–water partition coefficient (Wildman–Crippen LogP) is 3.28. The van der Waals surface area contributed by atoms with Gasteiger partial charge in [-0.3, -0.25) is 10.1 Å². The molecule has 136 valence electrons. The third kappa shape index (κ3) is 3.85. The first-order chi connectivity index (χ1) is 12.8. The zero-order valence-electron chi connectivity index (χ0n) is 15.2. The highest BCUT2D eigenvalue weighted by Gasteiger charge is 2.16. The van der Waals surface area contributed by atoms with E-state index in [1.165, 1.54) is 36.7 Å². The molecule has 0 atom stereocenters. The van der Waals surface area contributed by atoms with Crippen LogP contribution in [0.15, 0.2) is 35.7 Å². The molecule has 0 unspecified atom stereocenters. The van der Waals surface area contributed by atoms with Gasteiger partial charge in [0.1, 0.15) is 6.33 Å². The molecule has 2 aliphatic rings. The summed E-state index contributed by atoms with van der Waals surface area (Å²) < 4.78 is 5.46. The van der Waals surface area contributed by atoms with E-state index in [1.807, 2.05) is 6.21 Å². The molecule has 0 aliphatic carbocycles. The molecule has 1 aromatic carbocycles. The van der Waals surface area contributed by atoms with Gasteiger partial charge >= 0.3 is 0 Å². The first kappa shape index (κ1) is 17.0. The van der Waals surface area contributed by atoms with E-state index in [0.29, 0.717) is 0 Å². The molecular weight excluding hydrogens is 326 g/mol. The van der Waals surface area contributed by atoms with Gasteiger partial charge in [-0.05, 0) is 43.7 Å². The molecule has 0 amide bonds. The lowest BCUT2D eigenvalue weighted by atomic mass is 9.96. The zero-order valence-corrected chi connectivity index (χ0v) is 15.2. The maximum Gasteiger partial charge on any atom is 0.155 e. The number of ether oxygens (including phenoxy) is 1. The minimum atomic E-state index is 0.791. The monoisotopic (exact) mass is 351 g/mol. The van der Waals surface area contributed by atoms with Crippen LogP contribution in [0.1, 0.15) is 30.4 Å². The van der Waals surface area contributed by atoms with Crippen LogP contribution in [0.25, 0.3) is 17.1 Å². The minimum absolute atomic E-state index is 0.791. The highest BCUT2D eigenvalue weighted by molar-refractivity contribution is 5.79. The number of aliphatic imine (C=N–C) groups is 1. The Hall–Kier alpha value is -2.47. The van der Waals surface area contributed by atoms with Crippen LogP contribution in [0, 0.1) is 12.8 Å². The van der Waals surface area contributed by atoms with Crippen molar-refractivity contribution in [3.8, 4) is 11.4 Å². The van der Waals surface area contributed by atoms with Crippen molar-refractivity contribution in [2.24, 2.45) is 10.9 Å². The Kier molecular flexibility index (Phi) is 5.11. The third-order valence-corrected chi connectivity index (χ3v) is 5.21. The number of aromatic amines is 1. The summed E-state index contributed by atoms with van der Waals surface area (Å²) in [5.74, 6) is 1.58. The number of rotatable bonds is 5. The van der Waals surface area contributed by atoms with E-state index >= 15 is 0 Å². The van der Waals surface area contributed by atoms with Gasteiger partial charge in [0, 0.05) is 43.3 Å². The largest absolute Gasteiger partial charge is 0.381 e. The van der Waals surface area contributed by atoms with E-state index in [4.69, 9.17) is 4.74 Å². The number of benzene rings is 1. The molecule has 1 aromatic heterocycles. The van der Waals surface area contributed by atoms with Crippen molar-refractivity contribution in [1.82, 2.24) is 20.1 Å². The van der Waals surface area contributed by atoms with E-state index in [-0.39, 0.29) is 0 Å². The lowest BCUT2D eigenvalue weighted by Gasteiger charge is -2.27. The second kappa shape index (κ2) is 7.83. The average Bonchev–Trinajstić information content (AvgIpc) is 3.22. The summed E-state index contributed by atoms with van der Waals surface area (Å²) >= 11 is 0. The Bertz CT molecular complexity index is 791. The number of aromatic nitrogens is 3. The molecule has 1 N–H and O–H groups in total. The second-order valence-electron chi connectivity index (χ2n) is 7.03. The summed E-state index contributed by atoms with van der Waals surface area (Å²) in [5, 5.41) is 6.84. The fourth-order valence-corrected chi connectivity index (χ4v) is 3.62. The summed E-state index contributed by atoms with van der Waals surface area (Å²) in [5.41, 5.74) is 4.43. The van der Waals surface area contributed by atoms with Gasteiger partial charge in [0.25, 0.3) is 0 Å². The Labute approximate surface area is 154 Å². The number of hydrogen-bond donors (Lipinski definition) is 1. The molecule has 0 radical (unpaired) electrons. The lowest BCUT2D eigenvalue weighted by molar-refractivity contribution is 0.0620. The van der Waals surface area contributed by atoms with Crippen LogP contribution in [0.5, 0.6) is 0 Å². The van der Waals surface area contributed by atoms with Crippen LogP contribution in [0.3, 0.4) is 0 Å². The van der Waals surface area contributed by atoms with E-state index < -0.39 is 0 Å². The summed E-state index contributed by atoms with van der Waals surface area (Å²) in [6, 6.07) is 6.33. The van der Waals surface area contributed by atoms with Crippen molar-refractivity contribution in [2.45, 2.75) is 26.2 Å². The molecule has 26 heavy (non-hydrogen) atoms. The smallest absolute Gasteiger partial charge is 0.155 e. The van der Waals surface area contributed by atoms with Gasteiger partial charge in [0.15, 0.2) is 5.82 Å². The fourth-order valence-electron chi connectivity index (χ4n) is 3.62. The maximum absolute atomic E-state index is 5.46. The van der Waals surface area contributed by atoms with Crippen LogP contribution in [-0.4, -0.2) is 52.6 Å². The SMILES string of the molecule is Cc1cc(-c2ncn[nH]2)ccc1C1=CN(CCC2CCOCC2)CC=N1. The second-order valence-corrected chi connectivity index (χ2v) is 7.03.